The number of aliphatic carboxylic acids is 1. The van der Waals surface area contributed by atoms with Crippen LogP contribution in [0, 0.1) is 0 Å². The number of rotatable bonds is 2. The number of hydrogen-bond donors (Lipinski definition) is 2. The normalized spacial score (nSPS) is 18.7. The number of hydrogen-bond acceptors (Lipinski definition) is 3. The zero-order chi connectivity index (χ0) is 12.9. The maximum Gasteiger partial charge on any atom is 0.325 e. The zero-order valence-electron chi connectivity index (χ0n) is 9.85. The van der Waals surface area contributed by atoms with Gasteiger partial charge in [-0.3, -0.25) is 9.59 Å². The smallest absolute Gasteiger partial charge is 0.325 e. The van der Waals surface area contributed by atoms with E-state index in [9.17, 15) is 9.59 Å². The van der Waals surface area contributed by atoms with Crippen molar-refractivity contribution in [2.45, 2.75) is 25.3 Å². The molecule has 5 nitrogen and oxygen atoms in total. The highest BCUT2D eigenvalue weighted by molar-refractivity contribution is 5.98. The molecule has 0 spiro atoms. The van der Waals surface area contributed by atoms with Gasteiger partial charge in [0.1, 0.15) is 6.04 Å². The number of nitrogens with two attached hydrogens (primary N) is 1. The van der Waals surface area contributed by atoms with E-state index in [0.717, 1.165) is 23.2 Å². The van der Waals surface area contributed by atoms with Crippen LogP contribution in [0.1, 0.15) is 29.2 Å². The number of benzene rings is 1. The van der Waals surface area contributed by atoms with Crippen molar-refractivity contribution in [3.8, 4) is 0 Å². The molecule has 0 saturated heterocycles. The number of carbonyl (C=O) groups is 2. The average Bonchev–Trinajstić information content (AvgIpc) is 2.78. The van der Waals surface area contributed by atoms with Crippen molar-refractivity contribution in [1.82, 2.24) is 0 Å². The maximum absolute atomic E-state index is 11.8. The van der Waals surface area contributed by atoms with E-state index in [1.165, 1.54) is 0 Å². The van der Waals surface area contributed by atoms with Gasteiger partial charge < -0.3 is 15.7 Å². The molecule has 0 radical (unpaired) electrons. The summed E-state index contributed by atoms with van der Waals surface area (Å²) in [7, 11) is 0. The summed E-state index contributed by atoms with van der Waals surface area (Å²) in [6, 6.07) is 2.68. The Kier molecular flexibility index (Phi) is 2.38. The molecule has 2 aliphatic heterocycles. The second kappa shape index (κ2) is 3.81. The molecule has 0 aromatic heterocycles. The predicted molar refractivity (Wildman–Crippen MR) is 65.4 cm³/mol. The van der Waals surface area contributed by atoms with Gasteiger partial charge in [0.15, 0.2) is 0 Å². The summed E-state index contributed by atoms with van der Waals surface area (Å²) >= 11 is 0. The summed E-state index contributed by atoms with van der Waals surface area (Å²) in [4.78, 5) is 24.5. The first-order valence-corrected chi connectivity index (χ1v) is 6.02. The molecule has 1 amide bonds. The molecular formula is C13H14N2O3. The molecule has 1 aromatic carbocycles. The van der Waals surface area contributed by atoms with E-state index < -0.39 is 12.0 Å². The van der Waals surface area contributed by atoms with Gasteiger partial charge in [-0.2, -0.15) is 0 Å². The lowest BCUT2D eigenvalue weighted by Gasteiger charge is -2.26. The molecule has 2 aliphatic rings. The van der Waals surface area contributed by atoms with E-state index in [1.807, 2.05) is 17.0 Å². The highest BCUT2D eigenvalue weighted by Crippen LogP contribution is 2.38. The molecule has 1 aromatic rings. The van der Waals surface area contributed by atoms with Gasteiger partial charge in [0.2, 0.25) is 5.91 Å². The molecule has 0 fully saturated rings. The van der Waals surface area contributed by atoms with Crippen LogP contribution in [-0.4, -0.2) is 23.5 Å². The molecule has 5 heteroatoms. The van der Waals surface area contributed by atoms with Crippen molar-refractivity contribution in [2.24, 2.45) is 5.73 Å². The summed E-state index contributed by atoms with van der Waals surface area (Å²) < 4.78 is 0. The van der Waals surface area contributed by atoms with E-state index >= 15 is 0 Å². The second-order valence-corrected chi connectivity index (χ2v) is 4.80. The molecule has 94 valence electrons. The molecule has 1 unspecified atom stereocenters. The summed E-state index contributed by atoms with van der Waals surface area (Å²) in [6.07, 6.45) is 1.96. The fraction of sp³-hybridized carbons (Fsp3) is 0.385. The Morgan fingerprint density at radius 1 is 1.28 bits per heavy atom. The number of amides is 1. The van der Waals surface area contributed by atoms with E-state index in [2.05, 4.69) is 0 Å². The van der Waals surface area contributed by atoms with Gasteiger partial charge in [-0.15, -0.1) is 0 Å². The van der Waals surface area contributed by atoms with Gasteiger partial charge in [-0.1, -0.05) is 12.1 Å². The lowest BCUT2D eigenvalue weighted by atomic mass is 9.94. The summed E-state index contributed by atoms with van der Waals surface area (Å²) in [5.41, 5.74) is 9.38. The fourth-order valence-corrected chi connectivity index (χ4v) is 2.81. The zero-order valence-corrected chi connectivity index (χ0v) is 9.85. The van der Waals surface area contributed by atoms with Crippen LogP contribution in [0.4, 0.5) is 5.69 Å². The fourth-order valence-electron chi connectivity index (χ4n) is 2.81. The molecule has 2 heterocycles. The Labute approximate surface area is 104 Å². The van der Waals surface area contributed by atoms with Gasteiger partial charge in [0, 0.05) is 13.0 Å². The molecule has 0 aliphatic carbocycles. The van der Waals surface area contributed by atoms with E-state index in [4.69, 9.17) is 10.8 Å². The number of carboxylic acid groups (broad SMARTS) is 1. The third kappa shape index (κ3) is 1.51. The highest BCUT2D eigenvalue weighted by atomic mass is 16.4. The number of carboxylic acids is 1. The minimum absolute atomic E-state index is 0.163. The van der Waals surface area contributed by atoms with Gasteiger partial charge in [0.05, 0.1) is 5.69 Å². The minimum Gasteiger partial charge on any atom is -0.480 e. The maximum atomic E-state index is 11.8. The Balaban J connectivity index is 2.10. The van der Waals surface area contributed by atoms with Crippen LogP contribution in [0.3, 0.4) is 0 Å². The van der Waals surface area contributed by atoms with Crippen molar-refractivity contribution >= 4 is 17.6 Å². The quantitative estimate of drug-likeness (QED) is 0.800. The Morgan fingerprint density at radius 2 is 1.94 bits per heavy atom. The average molecular weight is 246 g/mol. The number of nitrogens with zero attached hydrogens (tertiary/aromatic N) is 1. The Bertz CT molecular complexity index is 553. The number of carbonyl (C=O) groups excluding carboxylic acids is 1. The SMILES string of the molecule is NC(C(=O)O)c1cc2c3c(c1)CCN3C(=O)CC2. The first-order valence-electron chi connectivity index (χ1n) is 6.02. The number of anilines is 1. The standard InChI is InChI=1S/C13H14N2O3/c14-11(13(17)18)9-5-7-1-2-10(16)15-4-3-8(6-9)12(7)15/h5-6,11H,1-4,14H2,(H,17,18). The van der Waals surface area contributed by atoms with Crippen molar-refractivity contribution in [3.63, 3.8) is 0 Å². The van der Waals surface area contributed by atoms with Crippen molar-refractivity contribution in [3.05, 3.63) is 28.8 Å². The van der Waals surface area contributed by atoms with Crippen LogP contribution in [0.25, 0.3) is 0 Å². The first-order chi connectivity index (χ1) is 8.58. The summed E-state index contributed by atoms with van der Waals surface area (Å²) in [6.45, 7) is 0.701. The van der Waals surface area contributed by atoms with Crippen LogP contribution < -0.4 is 10.6 Å². The van der Waals surface area contributed by atoms with Gasteiger partial charge in [-0.05, 0) is 29.5 Å². The molecule has 18 heavy (non-hydrogen) atoms. The molecule has 0 bridgehead atoms. The predicted octanol–water partition coefficient (Wildman–Crippen LogP) is 0.606. The summed E-state index contributed by atoms with van der Waals surface area (Å²) in [5.74, 6) is -0.861. The molecule has 3 rings (SSSR count). The topological polar surface area (TPSA) is 83.6 Å². The second-order valence-electron chi connectivity index (χ2n) is 4.80. The van der Waals surface area contributed by atoms with Crippen LogP contribution in [0.5, 0.6) is 0 Å². The Morgan fingerprint density at radius 3 is 2.61 bits per heavy atom. The lowest BCUT2D eigenvalue weighted by molar-refractivity contribution is -0.138. The summed E-state index contributed by atoms with van der Waals surface area (Å²) in [5, 5.41) is 8.97. The molecule has 0 saturated carbocycles. The molecular weight excluding hydrogens is 232 g/mol. The molecule has 1 atom stereocenters. The van der Waals surface area contributed by atoms with Crippen LogP contribution in [-0.2, 0) is 22.4 Å². The van der Waals surface area contributed by atoms with E-state index in [1.54, 1.807) is 0 Å². The monoisotopic (exact) mass is 246 g/mol. The van der Waals surface area contributed by atoms with Gasteiger partial charge in [-0.25, -0.2) is 0 Å². The minimum atomic E-state index is -1.02. The Hall–Kier alpha value is -1.88. The molecule has 3 N–H and O–H groups in total. The van der Waals surface area contributed by atoms with Gasteiger partial charge in [0.25, 0.3) is 0 Å². The highest BCUT2D eigenvalue weighted by Gasteiger charge is 2.32. The third-order valence-corrected chi connectivity index (χ3v) is 3.70. The third-order valence-electron chi connectivity index (χ3n) is 3.70. The van der Waals surface area contributed by atoms with Crippen LogP contribution in [0.15, 0.2) is 12.1 Å². The van der Waals surface area contributed by atoms with Gasteiger partial charge >= 0.3 is 5.97 Å². The van der Waals surface area contributed by atoms with E-state index in [-0.39, 0.29) is 5.91 Å². The first kappa shape index (κ1) is 11.2. The van der Waals surface area contributed by atoms with Crippen molar-refractivity contribution < 1.29 is 14.7 Å². The van der Waals surface area contributed by atoms with E-state index in [0.29, 0.717) is 24.9 Å². The van der Waals surface area contributed by atoms with Crippen molar-refractivity contribution in [1.29, 1.82) is 0 Å². The largest absolute Gasteiger partial charge is 0.480 e. The number of aryl methyl sites for hydroxylation is 1. The van der Waals surface area contributed by atoms with Crippen LogP contribution >= 0.6 is 0 Å². The van der Waals surface area contributed by atoms with Crippen LogP contribution in [0.2, 0.25) is 0 Å². The van der Waals surface area contributed by atoms with Crippen molar-refractivity contribution in [2.75, 3.05) is 11.4 Å². The lowest BCUT2D eigenvalue weighted by Crippen LogP contribution is -2.33.